The van der Waals surface area contributed by atoms with Gasteiger partial charge in [0.2, 0.25) is 29.5 Å². The molecule has 4 aliphatic rings. The molecule has 0 radical (unpaired) electrons. The third-order valence-electron chi connectivity index (χ3n) is 17.9. The van der Waals surface area contributed by atoms with Crippen molar-refractivity contribution in [1.29, 1.82) is 0 Å². The molecule has 90 heavy (non-hydrogen) atoms. The molecule has 0 aliphatic carbocycles. The number of likely N-dealkylation sites (N-methyl/N-ethyl adjacent to an activating group) is 1. The van der Waals surface area contributed by atoms with E-state index in [9.17, 15) is 38.4 Å². The van der Waals surface area contributed by atoms with E-state index in [0.29, 0.717) is 93.9 Å². The van der Waals surface area contributed by atoms with Crippen molar-refractivity contribution in [3.63, 3.8) is 0 Å². The number of ether oxygens (including phenoxy) is 1. The van der Waals surface area contributed by atoms with Crippen LogP contribution in [0.2, 0.25) is 5.02 Å². The van der Waals surface area contributed by atoms with Gasteiger partial charge in [-0.1, -0.05) is 55.1 Å². The van der Waals surface area contributed by atoms with Crippen molar-refractivity contribution < 1.29 is 43.1 Å². The fourth-order valence-corrected chi connectivity index (χ4v) is 13.1. The number of amides is 8. The Hall–Kier alpha value is -8.87. The van der Waals surface area contributed by atoms with Crippen molar-refractivity contribution in [3.8, 4) is 11.1 Å². The van der Waals surface area contributed by atoms with Crippen molar-refractivity contribution in [2.24, 2.45) is 12.8 Å². The van der Waals surface area contributed by atoms with Crippen molar-refractivity contribution in [1.82, 2.24) is 65.1 Å². The molecule has 7 heterocycles. The number of nitrogens with one attached hydrogen (secondary N) is 4. The minimum atomic E-state index is -0.683. The Morgan fingerprint density at radius 1 is 0.711 bits per heavy atom. The van der Waals surface area contributed by atoms with Gasteiger partial charge in [0.15, 0.2) is 11.5 Å². The normalized spacial score (nSPS) is 16.6. The highest BCUT2D eigenvalue weighted by atomic mass is 35.5. The smallest absolute Gasteiger partial charge is 0.325 e. The zero-order chi connectivity index (χ0) is 63.4. The number of nitrogens with two attached hydrogens (primary N) is 1. The summed E-state index contributed by atoms with van der Waals surface area (Å²) in [5, 5.41) is 22.9. The van der Waals surface area contributed by atoms with Crippen LogP contribution in [-0.4, -0.2) is 189 Å². The Bertz CT molecular complexity index is 3610. The molecule has 0 spiro atoms. The van der Waals surface area contributed by atoms with Crippen molar-refractivity contribution >= 4 is 98.2 Å². The lowest BCUT2D eigenvalue weighted by atomic mass is 9.89. The van der Waals surface area contributed by atoms with Crippen LogP contribution in [0, 0.1) is 0 Å². The summed E-state index contributed by atoms with van der Waals surface area (Å²) in [4.78, 5) is 121. The molecule has 4 saturated heterocycles. The number of piperidine rings is 3. The summed E-state index contributed by atoms with van der Waals surface area (Å²) < 4.78 is 7.96. The van der Waals surface area contributed by atoms with Crippen LogP contribution in [0.3, 0.4) is 0 Å². The van der Waals surface area contributed by atoms with Gasteiger partial charge in [-0.3, -0.25) is 42.9 Å². The number of nitrogens with zero attached hydrogens (tertiary/aromatic N) is 11. The van der Waals surface area contributed by atoms with Crippen LogP contribution in [0.4, 0.5) is 22.1 Å². The summed E-state index contributed by atoms with van der Waals surface area (Å²) in [5.41, 5.74) is 11.7. The number of anilines is 3. The number of halogens is 1. The van der Waals surface area contributed by atoms with E-state index in [2.05, 4.69) is 53.1 Å². The Balaban J connectivity index is 0.616. The number of benzene rings is 3. The minimum Gasteiger partial charge on any atom is -0.468 e. The summed E-state index contributed by atoms with van der Waals surface area (Å²) in [7, 11) is 4.90. The highest BCUT2D eigenvalue weighted by Crippen LogP contribution is 2.42. The van der Waals surface area contributed by atoms with E-state index in [1.165, 1.54) is 12.7 Å². The van der Waals surface area contributed by atoms with Gasteiger partial charge in [0.25, 0.3) is 5.91 Å². The summed E-state index contributed by atoms with van der Waals surface area (Å²) in [6.07, 6.45) is 13.2. The molecule has 10 rings (SSSR count). The Morgan fingerprint density at radius 3 is 2.14 bits per heavy atom. The van der Waals surface area contributed by atoms with Gasteiger partial charge in [-0.25, -0.2) is 14.8 Å². The average molecular weight is 1250 g/mol. The quantitative estimate of drug-likeness (QED) is 0.0326. The summed E-state index contributed by atoms with van der Waals surface area (Å²) >= 11 is 6.96. The molecule has 3 aromatic heterocycles. The van der Waals surface area contributed by atoms with Crippen LogP contribution in [-0.2, 0) is 47.1 Å². The monoisotopic (exact) mass is 1250 g/mol. The lowest BCUT2D eigenvalue weighted by molar-refractivity contribution is -0.141. The third kappa shape index (κ3) is 15.6. The molecule has 6 N–H and O–H groups in total. The van der Waals surface area contributed by atoms with E-state index < -0.39 is 23.7 Å². The number of fused-ring (bicyclic) bond motifs is 2. The number of carbonyl (C=O) groups is 8. The van der Waals surface area contributed by atoms with Crippen LogP contribution >= 0.6 is 11.6 Å². The maximum absolute atomic E-state index is 13.5. The molecule has 8 amide bonds. The SMILES string of the molecule is COC(=O)CNC(=O)CNC(=O)Cn1nc(C2CCN(C(=O)CCC(=O)NCCCCCCCC(=O)N3CCC(c4ccc(Nc5nc(N6CCC[C@@H](N7CCN(C)C7=O)C6)cnc5C(N)=O)cc4)CC3)CC2)c2c(-c3cc4c(cnn4C)cc3Cl)cccc21. The molecule has 0 bridgehead atoms. The minimum absolute atomic E-state index is 0.0466. The first-order chi connectivity index (χ1) is 43.5. The zero-order valence-electron chi connectivity index (χ0n) is 51.5. The van der Waals surface area contributed by atoms with Gasteiger partial charge in [0, 0.05) is 125 Å². The number of aryl methyl sites for hydroxylation is 1. The molecule has 4 fully saturated rings. The standard InChI is InChI=1S/C64H81ClN16O9/c1-75-31-32-80(64(75)89)46-11-10-26-79(39-46)52-36-70-61(62(66)88)63(73-52)72-45-17-15-41(16-18-45)42-21-27-77(28-22-42)56(85)14-7-5-4-6-8-25-67-53(82)19-20-57(86)78-29-23-43(24-30-78)60-59-47(48-34-51-44(33-49(48)65)35-71-76(51)2)12-9-13-50(59)81(74-60)40-55(84)68-37-54(83)69-38-58(87)90-3/h9,12-13,15-18,33-36,42-43,46H,4-8,10-11,14,19-32,37-40H2,1-3H3,(H2,66,88)(H,67,82)(H,68,84)(H,69,83)(H,72,73)/t46-/m1/s1. The predicted molar refractivity (Wildman–Crippen MR) is 340 cm³/mol. The van der Waals surface area contributed by atoms with E-state index >= 15 is 0 Å². The predicted octanol–water partition coefficient (Wildman–Crippen LogP) is 5.97. The Morgan fingerprint density at radius 2 is 1.42 bits per heavy atom. The number of methoxy groups -OCH3 is 1. The molecular formula is C64H81ClN16O9. The molecule has 4 aliphatic heterocycles. The van der Waals surface area contributed by atoms with Gasteiger partial charge in [0.05, 0.1) is 48.8 Å². The second kappa shape index (κ2) is 29.6. The number of likely N-dealkylation sites (tertiary alicyclic amines) is 2. The number of hydrogen-bond donors (Lipinski definition) is 5. The lowest BCUT2D eigenvalue weighted by Gasteiger charge is -2.37. The van der Waals surface area contributed by atoms with Gasteiger partial charge >= 0.3 is 12.0 Å². The first-order valence-corrected chi connectivity index (χ1v) is 31.7. The van der Waals surface area contributed by atoms with Gasteiger partial charge in [-0.15, -0.1) is 0 Å². The van der Waals surface area contributed by atoms with Crippen molar-refractivity contribution in [3.05, 3.63) is 89.0 Å². The Labute approximate surface area is 527 Å². The van der Waals surface area contributed by atoms with Crippen LogP contribution in [0.1, 0.15) is 123 Å². The highest BCUT2D eigenvalue weighted by molar-refractivity contribution is 6.34. The van der Waals surface area contributed by atoms with Crippen molar-refractivity contribution in [2.75, 3.05) is 96.4 Å². The Kier molecular flexibility index (Phi) is 21.1. The lowest BCUT2D eigenvalue weighted by Crippen LogP contribution is -2.49. The maximum Gasteiger partial charge on any atom is 0.325 e. The summed E-state index contributed by atoms with van der Waals surface area (Å²) in [6, 6.07) is 17.8. The zero-order valence-corrected chi connectivity index (χ0v) is 52.3. The van der Waals surface area contributed by atoms with Gasteiger partial charge in [-0.05, 0) is 98.7 Å². The highest BCUT2D eigenvalue weighted by Gasteiger charge is 2.36. The van der Waals surface area contributed by atoms with Crippen LogP contribution in [0.25, 0.3) is 32.9 Å². The van der Waals surface area contributed by atoms with Crippen LogP contribution in [0.15, 0.2) is 67.0 Å². The second-order valence-electron chi connectivity index (χ2n) is 23.9. The number of aromatic nitrogens is 6. The summed E-state index contributed by atoms with van der Waals surface area (Å²) in [6.45, 7) is 4.80. The fourth-order valence-electron chi connectivity index (χ4n) is 12.8. The first-order valence-electron chi connectivity index (χ1n) is 31.4. The molecule has 6 aromatic rings. The van der Waals surface area contributed by atoms with E-state index in [4.69, 9.17) is 27.4 Å². The van der Waals surface area contributed by atoms with E-state index in [0.717, 1.165) is 103 Å². The molecule has 1 atom stereocenters. The molecule has 478 valence electrons. The molecule has 25 nitrogen and oxygen atoms in total. The van der Waals surface area contributed by atoms with E-state index in [1.54, 1.807) is 31.6 Å². The van der Waals surface area contributed by atoms with E-state index in [1.807, 2.05) is 66.4 Å². The number of rotatable bonds is 25. The second-order valence-corrected chi connectivity index (χ2v) is 24.3. The van der Waals surface area contributed by atoms with Gasteiger partial charge in [-0.2, -0.15) is 10.2 Å². The number of esters is 1. The topological polar surface area (TPSA) is 298 Å². The molecule has 0 saturated carbocycles. The average Bonchev–Trinajstić information content (AvgIpc) is 1.64. The number of hydrogen-bond acceptors (Lipinski definition) is 15. The maximum atomic E-state index is 13.5. The number of unbranched alkanes of at least 4 members (excludes halogenated alkanes) is 4. The van der Waals surface area contributed by atoms with Gasteiger partial charge in [0.1, 0.15) is 18.9 Å². The molecule has 3 aromatic carbocycles. The van der Waals surface area contributed by atoms with Crippen molar-refractivity contribution in [2.45, 2.75) is 114 Å². The largest absolute Gasteiger partial charge is 0.468 e. The van der Waals surface area contributed by atoms with Crippen LogP contribution in [0.5, 0.6) is 0 Å². The molecular weight excluding hydrogens is 1170 g/mol. The number of urea groups is 1. The first kappa shape index (κ1) is 64.1. The van der Waals surface area contributed by atoms with E-state index in [-0.39, 0.29) is 79.7 Å². The third-order valence-corrected chi connectivity index (χ3v) is 18.2. The van der Waals surface area contributed by atoms with Gasteiger partial charge < -0.3 is 56.2 Å². The number of carbonyl (C=O) groups excluding carboxylic acids is 8. The summed E-state index contributed by atoms with van der Waals surface area (Å²) in [5.74, 6) is -1.24. The fraction of sp³-hybridized carbons (Fsp3) is 0.500. The number of primary amides is 1. The van der Waals surface area contributed by atoms with Crippen LogP contribution < -0.4 is 31.9 Å². The molecule has 26 heteroatoms. The molecule has 0 unspecified atom stereocenters.